The Labute approximate surface area is 53.3 Å². The van der Waals surface area contributed by atoms with Gasteiger partial charge in [-0.05, 0) is 0 Å². The van der Waals surface area contributed by atoms with Gasteiger partial charge in [-0.25, -0.2) is 0 Å². The van der Waals surface area contributed by atoms with Crippen LogP contribution in [0.2, 0.25) is 0 Å². The van der Waals surface area contributed by atoms with Gasteiger partial charge in [0.05, 0.1) is 0 Å². The second-order valence-corrected chi connectivity index (χ2v) is 0.0833. The summed E-state index contributed by atoms with van der Waals surface area (Å²) in [4.78, 5) is 16.2. The zero-order chi connectivity index (χ0) is 2.71. The van der Waals surface area contributed by atoms with Crippen molar-refractivity contribution in [2.45, 2.75) is 0 Å². The fourth-order valence-electron chi connectivity index (χ4n) is 0. The monoisotopic (exact) mass is 274 g/mol. The van der Waals surface area contributed by atoms with E-state index in [0.29, 0.717) is 0 Å². The normalized spacial score (nSPS) is 1.33. The SMILES string of the molecule is O.O=C=O.[CH3-].[H+].[H+].[Pt]. The maximum absolute atomic E-state index is 8.12. The van der Waals surface area contributed by atoms with Crippen LogP contribution in [-0.2, 0) is 30.7 Å². The molecule has 0 fully saturated rings. The van der Waals surface area contributed by atoms with Gasteiger partial charge < -0.3 is 12.9 Å². The molecule has 0 aliphatic carbocycles. The van der Waals surface area contributed by atoms with E-state index >= 15 is 0 Å². The summed E-state index contributed by atoms with van der Waals surface area (Å²) in [6.07, 6.45) is 0.250. The summed E-state index contributed by atoms with van der Waals surface area (Å²) in [6.45, 7) is 0. The van der Waals surface area contributed by atoms with E-state index in [1.165, 1.54) is 0 Å². The fraction of sp³-hybridized carbons (Fsp3) is 0. The molecule has 0 heterocycles. The molecule has 0 saturated carbocycles. The Morgan fingerprint density at radius 3 is 1.33 bits per heavy atom. The van der Waals surface area contributed by atoms with E-state index in [1.807, 2.05) is 0 Å². The van der Waals surface area contributed by atoms with Gasteiger partial charge in [-0.15, -0.1) is 0 Å². The number of rotatable bonds is 0. The smallest absolute Gasteiger partial charge is 0.412 e. The molecule has 42 valence electrons. The summed E-state index contributed by atoms with van der Waals surface area (Å²) in [5, 5.41) is 0. The van der Waals surface area contributed by atoms with Crippen LogP contribution in [0.3, 0.4) is 0 Å². The Bertz CT molecular complexity index is 36.3. The second kappa shape index (κ2) is 77.2. The molecule has 0 spiro atoms. The van der Waals surface area contributed by atoms with E-state index in [0.717, 1.165) is 0 Å². The van der Waals surface area contributed by atoms with Crippen molar-refractivity contribution in [1.82, 2.24) is 0 Å². The Kier molecular flexibility index (Phi) is 476. The molecule has 0 aliphatic rings. The van der Waals surface area contributed by atoms with Crippen molar-refractivity contribution in [2.75, 3.05) is 0 Å². The average Bonchev–Trinajstić information content (AvgIpc) is 0.918. The Morgan fingerprint density at radius 1 is 1.33 bits per heavy atom. The molecular formula is C2H7O3Pt+. The molecule has 0 aromatic rings. The van der Waals surface area contributed by atoms with Crippen LogP contribution in [0.25, 0.3) is 0 Å². The molecular weight excluding hydrogens is 267 g/mol. The molecule has 0 saturated heterocycles. The summed E-state index contributed by atoms with van der Waals surface area (Å²) in [6, 6.07) is 0. The van der Waals surface area contributed by atoms with Crippen LogP contribution in [0.1, 0.15) is 2.85 Å². The standard InChI is InChI=1S/CO2.CH3.H2O.Pt/c2-1-3;;;/h;1H3;1H2;/q;-1;;/p+2. The first kappa shape index (κ1) is 37.0. The molecule has 0 unspecified atom stereocenters. The van der Waals surface area contributed by atoms with Gasteiger partial charge >= 0.3 is 9.00 Å². The van der Waals surface area contributed by atoms with Crippen molar-refractivity contribution in [2.24, 2.45) is 0 Å². The molecule has 4 heteroatoms. The molecule has 0 aliphatic heterocycles. The predicted molar refractivity (Wildman–Crippen MR) is 17.3 cm³/mol. The Balaban J connectivity index is -0.00000000200. The molecule has 6 heavy (non-hydrogen) atoms. The Hall–Kier alpha value is 0.0283. The molecule has 0 atom stereocenters. The summed E-state index contributed by atoms with van der Waals surface area (Å²) in [5.74, 6) is 0. The van der Waals surface area contributed by atoms with Crippen LogP contribution in [0.4, 0.5) is 0 Å². The fourth-order valence-corrected chi connectivity index (χ4v) is 0. The van der Waals surface area contributed by atoms with Gasteiger partial charge in [0.2, 0.25) is 0 Å². The number of carbonyl (C=O) groups excluding carboxylic acids is 2. The van der Waals surface area contributed by atoms with Gasteiger partial charge in [-0.2, -0.15) is 9.59 Å². The van der Waals surface area contributed by atoms with Crippen LogP contribution < -0.4 is 0 Å². The average molecular weight is 274 g/mol. The summed E-state index contributed by atoms with van der Waals surface area (Å²) >= 11 is 0. The van der Waals surface area contributed by atoms with Crippen molar-refractivity contribution >= 4 is 6.15 Å². The number of hydrogen-bond donors (Lipinski definition) is 0. The largest absolute Gasteiger partial charge is 1.00 e. The topological polar surface area (TPSA) is 65.6 Å². The van der Waals surface area contributed by atoms with Crippen molar-refractivity contribution < 1.29 is 39.0 Å². The molecule has 2 N–H and O–H groups in total. The minimum Gasteiger partial charge on any atom is -0.412 e. The molecule has 3 nitrogen and oxygen atoms in total. The first-order valence-electron chi connectivity index (χ1n) is 0.408. The van der Waals surface area contributed by atoms with Crippen LogP contribution in [0.15, 0.2) is 0 Å². The van der Waals surface area contributed by atoms with Crippen molar-refractivity contribution in [3.8, 4) is 0 Å². The summed E-state index contributed by atoms with van der Waals surface area (Å²) in [7, 11) is 0. The van der Waals surface area contributed by atoms with E-state index in [2.05, 4.69) is 0 Å². The van der Waals surface area contributed by atoms with E-state index in [-0.39, 0.29) is 43.0 Å². The molecule has 0 aromatic carbocycles. The van der Waals surface area contributed by atoms with Crippen LogP contribution in [-0.4, -0.2) is 11.6 Å². The third-order valence-electron chi connectivity index (χ3n) is 0. The molecule has 0 rings (SSSR count). The van der Waals surface area contributed by atoms with Gasteiger partial charge in [-0.1, -0.05) is 0 Å². The van der Waals surface area contributed by atoms with Crippen LogP contribution in [0.5, 0.6) is 0 Å². The third-order valence-corrected chi connectivity index (χ3v) is 0. The first-order valence-corrected chi connectivity index (χ1v) is 0.408. The van der Waals surface area contributed by atoms with Gasteiger partial charge in [0.25, 0.3) is 0 Å². The second-order valence-electron chi connectivity index (χ2n) is 0.0833. The van der Waals surface area contributed by atoms with Gasteiger partial charge in [0, 0.05) is 21.1 Å². The Morgan fingerprint density at radius 2 is 1.33 bits per heavy atom. The number of hydrogen-bond acceptors (Lipinski definition) is 2. The van der Waals surface area contributed by atoms with E-state index < -0.39 is 0 Å². The van der Waals surface area contributed by atoms with Crippen LogP contribution in [0, 0.1) is 7.43 Å². The quantitative estimate of drug-likeness (QED) is 0.546. The maximum Gasteiger partial charge on any atom is 1.00 e. The minimum absolute atomic E-state index is 0. The third kappa shape index (κ3) is 46100. The molecule has 0 aromatic heterocycles. The van der Waals surface area contributed by atoms with Crippen molar-refractivity contribution in [3.05, 3.63) is 7.43 Å². The van der Waals surface area contributed by atoms with Gasteiger partial charge in [0.15, 0.2) is 0 Å². The maximum atomic E-state index is 8.12. The van der Waals surface area contributed by atoms with Crippen molar-refractivity contribution in [3.63, 3.8) is 0 Å². The predicted octanol–water partition coefficient (Wildman–Crippen LogP) is -0.735. The van der Waals surface area contributed by atoms with E-state index in [9.17, 15) is 0 Å². The minimum atomic E-state index is 0. The van der Waals surface area contributed by atoms with Crippen molar-refractivity contribution in [1.29, 1.82) is 0 Å². The summed E-state index contributed by atoms with van der Waals surface area (Å²) < 4.78 is 0. The van der Waals surface area contributed by atoms with Gasteiger partial charge in [-0.3, -0.25) is 0 Å². The van der Waals surface area contributed by atoms with E-state index in [1.54, 1.807) is 0 Å². The molecule has 0 bridgehead atoms. The zero-order valence-electron chi connectivity index (χ0n) is 5.13. The first-order chi connectivity index (χ1) is 1.41. The van der Waals surface area contributed by atoms with Crippen LogP contribution >= 0.6 is 0 Å². The molecule has 0 amide bonds. The van der Waals surface area contributed by atoms with E-state index in [4.69, 9.17) is 9.59 Å². The zero-order valence-corrected chi connectivity index (χ0v) is 5.40. The summed E-state index contributed by atoms with van der Waals surface area (Å²) in [5.41, 5.74) is 0. The molecule has 0 radical (unpaired) electrons. The van der Waals surface area contributed by atoms with Gasteiger partial charge in [0.1, 0.15) is 0 Å².